The van der Waals surface area contributed by atoms with Gasteiger partial charge in [-0.1, -0.05) is 0 Å². The van der Waals surface area contributed by atoms with Crippen molar-refractivity contribution < 1.29 is 14.0 Å². The summed E-state index contributed by atoms with van der Waals surface area (Å²) >= 11 is 0. The van der Waals surface area contributed by atoms with Gasteiger partial charge in [0.2, 0.25) is 11.8 Å². The van der Waals surface area contributed by atoms with Gasteiger partial charge < -0.3 is 0 Å². The van der Waals surface area contributed by atoms with Gasteiger partial charge in [-0.05, 0) is 19.1 Å². The first kappa shape index (κ1) is 12.6. The number of imide groups is 1. The molecule has 6 heteroatoms. The van der Waals surface area contributed by atoms with Crippen LogP contribution in [0.15, 0.2) is 18.3 Å². The van der Waals surface area contributed by atoms with Gasteiger partial charge >= 0.3 is 0 Å². The Kier molecular flexibility index (Phi) is 3.38. The third-order valence-electron chi connectivity index (χ3n) is 3.03. The summed E-state index contributed by atoms with van der Waals surface area (Å²) in [7, 11) is 1.47. The predicted molar refractivity (Wildman–Crippen MR) is 61.9 cm³/mol. The molecule has 0 bridgehead atoms. The minimum atomic E-state index is -0.524. The van der Waals surface area contributed by atoms with Crippen LogP contribution in [-0.2, 0) is 9.59 Å². The summed E-state index contributed by atoms with van der Waals surface area (Å²) in [5, 5.41) is 3.03. The summed E-state index contributed by atoms with van der Waals surface area (Å²) in [5.41, 5.74) is 0.631. The standard InChI is InChI=1S/C12H14FN3O2/c1-7(9-4-3-8(13)6-14-9)15-10-5-11(17)16(2)12(10)18/h3-4,6-7,10,15H,5H2,1-2H3. The zero-order chi connectivity index (χ0) is 13.3. The second kappa shape index (κ2) is 4.81. The van der Waals surface area contributed by atoms with Crippen molar-refractivity contribution in [3.8, 4) is 0 Å². The second-order valence-corrected chi connectivity index (χ2v) is 4.34. The highest BCUT2D eigenvalue weighted by Crippen LogP contribution is 2.16. The van der Waals surface area contributed by atoms with E-state index in [9.17, 15) is 14.0 Å². The third kappa shape index (κ3) is 2.38. The number of nitrogens with zero attached hydrogens (tertiary/aromatic N) is 2. The molecule has 1 aromatic heterocycles. The lowest BCUT2D eigenvalue weighted by molar-refractivity contribution is -0.137. The Balaban J connectivity index is 2.04. The molecule has 2 heterocycles. The van der Waals surface area contributed by atoms with E-state index < -0.39 is 11.9 Å². The molecule has 1 fully saturated rings. The molecule has 1 aliphatic rings. The van der Waals surface area contributed by atoms with Crippen LogP contribution in [0.5, 0.6) is 0 Å². The van der Waals surface area contributed by atoms with Crippen molar-refractivity contribution in [2.75, 3.05) is 7.05 Å². The number of carbonyl (C=O) groups is 2. The maximum Gasteiger partial charge on any atom is 0.246 e. The molecule has 2 unspecified atom stereocenters. The number of amides is 2. The molecule has 0 radical (unpaired) electrons. The Morgan fingerprint density at radius 1 is 1.50 bits per heavy atom. The number of halogens is 1. The van der Waals surface area contributed by atoms with E-state index in [1.807, 2.05) is 6.92 Å². The van der Waals surface area contributed by atoms with Gasteiger partial charge in [-0.25, -0.2) is 4.39 Å². The quantitative estimate of drug-likeness (QED) is 0.800. The highest BCUT2D eigenvalue weighted by molar-refractivity contribution is 6.05. The summed E-state index contributed by atoms with van der Waals surface area (Å²) in [6.07, 6.45) is 1.28. The number of likely N-dealkylation sites (N-methyl/N-ethyl adjacent to an activating group) is 1. The molecule has 0 aliphatic carbocycles. The lowest BCUT2D eigenvalue weighted by Gasteiger charge is -2.17. The number of likely N-dealkylation sites (tertiary alicyclic amines) is 1. The third-order valence-corrected chi connectivity index (χ3v) is 3.03. The average molecular weight is 251 g/mol. The maximum absolute atomic E-state index is 12.7. The van der Waals surface area contributed by atoms with Gasteiger partial charge in [0.25, 0.3) is 0 Å². The van der Waals surface area contributed by atoms with Crippen LogP contribution in [-0.4, -0.2) is 34.8 Å². The average Bonchev–Trinajstić information content (AvgIpc) is 2.58. The summed E-state index contributed by atoms with van der Waals surface area (Å²) in [6.45, 7) is 1.82. The van der Waals surface area contributed by atoms with Gasteiger partial charge in [-0.3, -0.25) is 24.8 Å². The largest absolute Gasteiger partial charge is 0.297 e. The first-order valence-corrected chi connectivity index (χ1v) is 5.67. The number of aromatic nitrogens is 1. The Hall–Kier alpha value is -1.82. The Bertz CT molecular complexity index is 475. The van der Waals surface area contributed by atoms with E-state index in [0.29, 0.717) is 5.69 Å². The van der Waals surface area contributed by atoms with Crippen LogP contribution in [0.3, 0.4) is 0 Å². The Labute approximate surface area is 104 Å². The SMILES string of the molecule is CC(NC1CC(=O)N(C)C1=O)c1ccc(F)cn1. The van der Waals surface area contributed by atoms with Gasteiger partial charge in [-0.15, -0.1) is 0 Å². The number of carbonyl (C=O) groups excluding carboxylic acids is 2. The molecule has 1 saturated heterocycles. The van der Waals surface area contributed by atoms with Crippen molar-refractivity contribution in [2.45, 2.75) is 25.4 Å². The molecule has 1 N–H and O–H groups in total. The van der Waals surface area contributed by atoms with E-state index in [-0.39, 0.29) is 24.3 Å². The predicted octanol–water partition coefficient (Wildman–Crippen LogP) is 0.629. The zero-order valence-corrected chi connectivity index (χ0v) is 10.2. The van der Waals surface area contributed by atoms with Gasteiger partial charge in [0, 0.05) is 13.1 Å². The van der Waals surface area contributed by atoms with Crippen molar-refractivity contribution in [2.24, 2.45) is 0 Å². The van der Waals surface area contributed by atoms with E-state index in [0.717, 1.165) is 11.1 Å². The number of hydrogen-bond acceptors (Lipinski definition) is 4. The van der Waals surface area contributed by atoms with Crippen LogP contribution in [0.4, 0.5) is 4.39 Å². The minimum absolute atomic E-state index is 0.154. The highest BCUT2D eigenvalue weighted by Gasteiger charge is 2.36. The van der Waals surface area contributed by atoms with Crippen molar-refractivity contribution in [1.29, 1.82) is 0 Å². The smallest absolute Gasteiger partial charge is 0.246 e. The van der Waals surface area contributed by atoms with Crippen LogP contribution in [0, 0.1) is 5.82 Å². The minimum Gasteiger partial charge on any atom is -0.297 e. The molecular weight excluding hydrogens is 237 g/mol. The van der Waals surface area contributed by atoms with E-state index in [1.54, 1.807) is 6.07 Å². The molecule has 1 aliphatic heterocycles. The van der Waals surface area contributed by atoms with Crippen molar-refractivity contribution >= 4 is 11.8 Å². The van der Waals surface area contributed by atoms with Crippen LogP contribution >= 0.6 is 0 Å². The fourth-order valence-electron chi connectivity index (χ4n) is 1.92. The van der Waals surface area contributed by atoms with E-state index >= 15 is 0 Å². The molecule has 2 atom stereocenters. The van der Waals surface area contributed by atoms with Crippen LogP contribution < -0.4 is 5.32 Å². The van der Waals surface area contributed by atoms with Crippen LogP contribution in [0.25, 0.3) is 0 Å². The molecule has 5 nitrogen and oxygen atoms in total. The lowest BCUT2D eigenvalue weighted by atomic mass is 10.1. The fraction of sp³-hybridized carbons (Fsp3) is 0.417. The molecule has 0 saturated carbocycles. The van der Waals surface area contributed by atoms with Crippen LogP contribution in [0.2, 0.25) is 0 Å². The van der Waals surface area contributed by atoms with E-state index in [1.165, 1.54) is 13.1 Å². The summed E-state index contributed by atoms with van der Waals surface area (Å²) in [5.74, 6) is -0.844. The van der Waals surface area contributed by atoms with Gasteiger partial charge in [0.15, 0.2) is 0 Å². The summed E-state index contributed by atoms with van der Waals surface area (Å²) in [6, 6.07) is 2.12. The number of pyridine rings is 1. The molecule has 0 aromatic carbocycles. The molecule has 0 spiro atoms. The molecule has 96 valence electrons. The van der Waals surface area contributed by atoms with Gasteiger partial charge in [0.1, 0.15) is 5.82 Å². The van der Waals surface area contributed by atoms with E-state index in [2.05, 4.69) is 10.3 Å². The topological polar surface area (TPSA) is 62.3 Å². The Morgan fingerprint density at radius 3 is 2.72 bits per heavy atom. The second-order valence-electron chi connectivity index (χ2n) is 4.34. The van der Waals surface area contributed by atoms with E-state index in [4.69, 9.17) is 0 Å². The molecule has 18 heavy (non-hydrogen) atoms. The summed E-state index contributed by atoms with van der Waals surface area (Å²) in [4.78, 5) is 28.1. The molecule has 1 aromatic rings. The number of rotatable bonds is 3. The van der Waals surface area contributed by atoms with Crippen LogP contribution in [0.1, 0.15) is 25.1 Å². The maximum atomic E-state index is 12.7. The molecular formula is C12H14FN3O2. The van der Waals surface area contributed by atoms with Crippen molar-refractivity contribution in [3.63, 3.8) is 0 Å². The normalized spacial score (nSPS) is 21.5. The number of nitrogens with one attached hydrogen (secondary N) is 1. The number of hydrogen-bond donors (Lipinski definition) is 1. The van der Waals surface area contributed by atoms with Crippen molar-refractivity contribution in [1.82, 2.24) is 15.2 Å². The lowest BCUT2D eigenvalue weighted by Crippen LogP contribution is -2.38. The first-order valence-electron chi connectivity index (χ1n) is 5.67. The highest BCUT2D eigenvalue weighted by atomic mass is 19.1. The zero-order valence-electron chi connectivity index (χ0n) is 10.2. The molecule has 2 amide bonds. The Morgan fingerprint density at radius 2 is 2.22 bits per heavy atom. The van der Waals surface area contributed by atoms with Gasteiger partial charge in [-0.2, -0.15) is 0 Å². The first-order chi connectivity index (χ1) is 8.49. The van der Waals surface area contributed by atoms with Crippen molar-refractivity contribution in [3.05, 3.63) is 29.8 Å². The summed E-state index contributed by atoms with van der Waals surface area (Å²) < 4.78 is 12.7. The van der Waals surface area contributed by atoms with Gasteiger partial charge in [0.05, 0.1) is 24.4 Å². The monoisotopic (exact) mass is 251 g/mol. The fourth-order valence-corrected chi connectivity index (χ4v) is 1.92. The molecule has 2 rings (SSSR count).